The van der Waals surface area contributed by atoms with Crippen molar-refractivity contribution in [2.45, 2.75) is 6.92 Å². The second kappa shape index (κ2) is 11.1. The van der Waals surface area contributed by atoms with E-state index in [0.717, 1.165) is 17.1 Å². The number of aryl methyl sites for hydroxylation is 1. The van der Waals surface area contributed by atoms with Crippen molar-refractivity contribution in [3.63, 3.8) is 0 Å². The van der Waals surface area contributed by atoms with Crippen LogP contribution < -0.4 is 0 Å². The molecular weight excluding hydrogens is 631 g/mol. The topological polar surface area (TPSA) is 14.8 Å². The van der Waals surface area contributed by atoms with Crippen molar-refractivity contribution in [1.29, 1.82) is 0 Å². The largest absolute Gasteiger partial charge is 0.309 e. The van der Waals surface area contributed by atoms with Gasteiger partial charge in [0.25, 0.3) is 0 Å². The molecule has 3 nitrogen and oxygen atoms in total. The van der Waals surface area contributed by atoms with E-state index in [1.54, 1.807) is 0 Å². The fourth-order valence-corrected chi connectivity index (χ4v) is 8.59. The van der Waals surface area contributed by atoms with Gasteiger partial charge >= 0.3 is 0 Å². The third-order valence-corrected chi connectivity index (χ3v) is 10.9. The van der Waals surface area contributed by atoms with E-state index < -0.39 is 0 Å². The molecule has 11 aromatic rings. The van der Waals surface area contributed by atoms with Gasteiger partial charge < -0.3 is 13.7 Å². The molecule has 0 aliphatic heterocycles. The lowest BCUT2D eigenvalue weighted by Crippen LogP contribution is -1.98. The van der Waals surface area contributed by atoms with Gasteiger partial charge in [0, 0.05) is 49.4 Å². The Morgan fingerprint density at radius 2 is 0.731 bits per heavy atom. The summed E-state index contributed by atoms with van der Waals surface area (Å²) in [6, 6.07) is 66.5. The summed E-state index contributed by atoms with van der Waals surface area (Å²) in [5.41, 5.74) is 14.4. The van der Waals surface area contributed by atoms with Crippen LogP contribution in [-0.4, -0.2) is 13.7 Å². The van der Waals surface area contributed by atoms with Crippen LogP contribution in [0.4, 0.5) is 0 Å². The van der Waals surface area contributed by atoms with Gasteiger partial charge in [0.15, 0.2) is 0 Å². The fraction of sp³-hybridized carbons (Fsp3) is 0.0204. The van der Waals surface area contributed by atoms with E-state index in [1.165, 1.54) is 82.1 Å². The van der Waals surface area contributed by atoms with Crippen LogP contribution in [0.5, 0.6) is 0 Å². The molecule has 0 aliphatic rings. The fourth-order valence-electron chi connectivity index (χ4n) is 8.59. The number of nitrogens with zero attached hydrogens (tertiary/aromatic N) is 3. The number of para-hydroxylation sites is 4. The van der Waals surface area contributed by atoms with Crippen molar-refractivity contribution in [3.8, 4) is 28.2 Å². The molecule has 0 saturated carbocycles. The lowest BCUT2D eigenvalue weighted by Gasteiger charge is -2.12. The van der Waals surface area contributed by atoms with Crippen LogP contribution in [0.25, 0.3) is 93.6 Å². The predicted molar refractivity (Wildman–Crippen MR) is 220 cm³/mol. The number of hydrogen-bond acceptors (Lipinski definition) is 0. The Hall–Kier alpha value is -6.84. The second-order valence-corrected chi connectivity index (χ2v) is 13.9. The van der Waals surface area contributed by atoms with E-state index in [1.807, 2.05) is 0 Å². The zero-order chi connectivity index (χ0) is 34.3. The molecule has 3 heterocycles. The van der Waals surface area contributed by atoms with Gasteiger partial charge in [-0.05, 0) is 90.8 Å². The molecule has 8 aromatic carbocycles. The number of fused-ring (bicyclic) bond motifs is 10. The van der Waals surface area contributed by atoms with Crippen LogP contribution in [-0.2, 0) is 0 Å². The van der Waals surface area contributed by atoms with E-state index in [2.05, 4.69) is 203 Å². The number of benzene rings is 8. The lowest BCUT2D eigenvalue weighted by molar-refractivity contribution is 1.15. The lowest BCUT2D eigenvalue weighted by atomic mass is 10.0. The standard InChI is InChI=1S/C49H33N3/c1-32-20-28-46-42(30-32)39-17-9-10-18-44(39)50(46)37-24-21-33(22-25-37)34-23-29-47-43(31-34)41-27-26-40-38-16-8-11-19-45(38)51(35-12-4-2-5-13-35)48(40)49(41)52(47)36-14-6-3-7-15-36/h2-31H,1H3. The first kappa shape index (κ1) is 28.9. The molecule has 52 heavy (non-hydrogen) atoms. The van der Waals surface area contributed by atoms with E-state index in [9.17, 15) is 0 Å². The van der Waals surface area contributed by atoms with E-state index in [-0.39, 0.29) is 0 Å². The highest BCUT2D eigenvalue weighted by molar-refractivity contribution is 6.24. The Morgan fingerprint density at radius 1 is 0.288 bits per heavy atom. The molecule has 0 atom stereocenters. The average molecular weight is 664 g/mol. The van der Waals surface area contributed by atoms with Gasteiger partial charge in [-0.25, -0.2) is 0 Å². The van der Waals surface area contributed by atoms with Gasteiger partial charge in [-0.3, -0.25) is 0 Å². The molecular formula is C49H33N3. The number of rotatable bonds is 4. The third kappa shape index (κ3) is 4.14. The summed E-state index contributed by atoms with van der Waals surface area (Å²) in [7, 11) is 0. The first-order chi connectivity index (χ1) is 25.7. The van der Waals surface area contributed by atoms with Crippen molar-refractivity contribution < 1.29 is 0 Å². The molecule has 3 heteroatoms. The maximum absolute atomic E-state index is 2.46. The minimum absolute atomic E-state index is 1.15. The molecule has 3 aromatic heterocycles. The number of aromatic nitrogens is 3. The Morgan fingerprint density at radius 3 is 1.38 bits per heavy atom. The second-order valence-electron chi connectivity index (χ2n) is 13.9. The van der Waals surface area contributed by atoms with Crippen molar-refractivity contribution >= 4 is 65.4 Å². The van der Waals surface area contributed by atoms with Gasteiger partial charge in [-0.15, -0.1) is 0 Å². The highest BCUT2D eigenvalue weighted by Gasteiger charge is 2.21. The monoisotopic (exact) mass is 663 g/mol. The summed E-state index contributed by atoms with van der Waals surface area (Å²) in [5.74, 6) is 0. The Bertz CT molecular complexity index is 3160. The maximum atomic E-state index is 2.46. The molecule has 0 radical (unpaired) electrons. The molecule has 0 bridgehead atoms. The molecule has 0 fully saturated rings. The Balaban J connectivity index is 1.15. The zero-order valence-corrected chi connectivity index (χ0v) is 28.7. The average Bonchev–Trinajstić information content (AvgIpc) is 3.84. The summed E-state index contributed by atoms with van der Waals surface area (Å²) < 4.78 is 7.30. The van der Waals surface area contributed by atoms with Crippen LogP contribution in [0.3, 0.4) is 0 Å². The minimum Gasteiger partial charge on any atom is -0.309 e. The summed E-state index contributed by atoms with van der Waals surface area (Å²) in [6.45, 7) is 2.17. The van der Waals surface area contributed by atoms with Crippen molar-refractivity contribution in [1.82, 2.24) is 13.7 Å². The van der Waals surface area contributed by atoms with E-state index >= 15 is 0 Å². The highest BCUT2D eigenvalue weighted by atomic mass is 15.0. The molecule has 0 saturated heterocycles. The molecule has 0 spiro atoms. The highest BCUT2D eigenvalue weighted by Crippen LogP contribution is 2.43. The van der Waals surface area contributed by atoms with E-state index in [4.69, 9.17) is 0 Å². The van der Waals surface area contributed by atoms with Crippen LogP contribution in [0.15, 0.2) is 182 Å². The van der Waals surface area contributed by atoms with Crippen LogP contribution in [0.2, 0.25) is 0 Å². The van der Waals surface area contributed by atoms with E-state index in [0.29, 0.717) is 0 Å². The zero-order valence-electron chi connectivity index (χ0n) is 28.7. The Kier molecular flexibility index (Phi) is 6.17. The molecule has 0 unspecified atom stereocenters. The molecule has 244 valence electrons. The maximum Gasteiger partial charge on any atom is 0.0788 e. The van der Waals surface area contributed by atoms with Gasteiger partial charge in [0.05, 0.1) is 33.1 Å². The molecule has 0 N–H and O–H groups in total. The van der Waals surface area contributed by atoms with Gasteiger partial charge in [-0.1, -0.05) is 115 Å². The molecule has 11 rings (SSSR count). The van der Waals surface area contributed by atoms with Gasteiger partial charge in [0.1, 0.15) is 0 Å². The van der Waals surface area contributed by atoms with Crippen LogP contribution >= 0.6 is 0 Å². The summed E-state index contributed by atoms with van der Waals surface area (Å²) in [6.07, 6.45) is 0. The first-order valence-electron chi connectivity index (χ1n) is 17.9. The Labute approximate surface area is 300 Å². The third-order valence-electron chi connectivity index (χ3n) is 10.9. The smallest absolute Gasteiger partial charge is 0.0788 e. The van der Waals surface area contributed by atoms with Gasteiger partial charge in [-0.2, -0.15) is 0 Å². The summed E-state index contributed by atoms with van der Waals surface area (Å²) in [4.78, 5) is 0. The first-order valence-corrected chi connectivity index (χ1v) is 17.9. The normalized spacial score (nSPS) is 11.9. The molecule has 0 amide bonds. The van der Waals surface area contributed by atoms with Crippen molar-refractivity contribution in [2.75, 3.05) is 0 Å². The SMILES string of the molecule is Cc1ccc2c(c1)c1ccccc1n2-c1ccc(-c2ccc3c(c2)c2ccc4c5ccccc5n(-c5ccccc5)c4c2n3-c2ccccc2)cc1. The molecule has 0 aliphatic carbocycles. The van der Waals surface area contributed by atoms with Crippen molar-refractivity contribution in [2.24, 2.45) is 0 Å². The van der Waals surface area contributed by atoms with Gasteiger partial charge in [0.2, 0.25) is 0 Å². The predicted octanol–water partition coefficient (Wildman–Crippen LogP) is 13.0. The number of hydrogen-bond donors (Lipinski definition) is 0. The summed E-state index contributed by atoms with van der Waals surface area (Å²) in [5, 5.41) is 7.57. The van der Waals surface area contributed by atoms with Crippen LogP contribution in [0.1, 0.15) is 5.56 Å². The summed E-state index contributed by atoms with van der Waals surface area (Å²) >= 11 is 0. The van der Waals surface area contributed by atoms with Crippen LogP contribution in [0, 0.1) is 6.92 Å². The minimum atomic E-state index is 1.15. The quantitative estimate of drug-likeness (QED) is 0.178. The van der Waals surface area contributed by atoms with Crippen molar-refractivity contribution in [3.05, 3.63) is 188 Å².